The highest BCUT2D eigenvalue weighted by Gasteiger charge is 2.32. The number of fused-ring (bicyclic) bond motifs is 1. The van der Waals surface area contributed by atoms with E-state index in [1.807, 2.05) is 6.07 Å². The van der Waals surface area contributed by atoms with E-state index in [1.165, 1.54) is 13.2 Å². The Kier molecular flexibility index (Phi) is 9.32. The number of rotatable bonds is 7. The van der Waals surface area contributed by atoms with Crippen molar-refractivity contribution in [3.05, 3.63) is 53.7 Å². The molecule has 1 saturated heterocycles. The first-order valence-electron chi connectivity index (χ1n) is 14.3. The van der Waals surface area contributed by atoms with Crippen LogP contribution in [-0.2, 0) is 17.5 Å². The number of morpholine rings is 1. The van der Waals surface area contributed by atoms with E-state index < -0.39 is 24.5 Å². The molecule has 43 heavy (non-hydrogen) atoms. The average Bonchev–Trinajstić information content (AvgIpc) is 3.32. The maximum atomic E-state index is 13.6. The monoisotopic (exact) mass is 608 g/mol. The van der Waals surface area contributed by atoms with Gasteiger partial charge in [-0.05, 0) is 68.0 Å². The van der Waals surface area contributed by atoms with Crippen LogP contribution in [0.1, 0.15) is 36.9 Å². The second-order valence-corrected chi connectivity index (χ2v) is 10.8. The van der Waals surface area contributed by atoms with E-state index in [0.717, 1.165) is 74.4 Å². The maximum Gasteiger partial charge on any atom is 0.416 e. The number of anilines is 2. The van der Waals surface area contributed by atoms with Gasteiger partial charge in [0.1, 0.15) is 12.3 Å². The van der Waals surface area contributed by atoms with E-state index in [-0.39, 0.29) is 29.7 Å². The quantitative estimate of drug-likeness (QED) is 0.230. The number of ether oxygens (including phenoxy) is 2. The Hall–Kier alpha value is -3.56. The van der Waals surface area contributed by atoms with Gasteiger partial charge in [0.2, 0.25) is 0 Å². The van der Waals surface area contributed by atoms with Gasteiger partial charge in [-0.1, -0.05) is 12.0 Å². The summed E-state index contributed by atoms with van der Waals surface area (Å²) in [4.78, 5) is 2.49. The number of alkyl halides is 6. The molecule has 12 heteroatoms. The smallest absolute Gasteiger partial charge is 0.416 e. The molecule has 1 saturated carbocycles. The van der Waals surface area contributed by atoms with Crippen molar-refractivity contribution in [1.29, 1.82) is 0 Å². The molecule has 0 radical (unpaired) electrons. The van der Waals surface area contributed by atoms with Crippen LogP contribution in [0.2, 0.25) is 0 Å². The van der Waals surface area contributed by atoms with Gasteiger partial charge in [0.05, 0.1) is 49.3 Å². The van der Waals surface area contributed by atoms with Crippen LogP contribution in [0.3, 0.4) is 0 Å². The molecular weight excluding hydrogens is 574 g/mol. The van der Waals surface area contributed by atoms with Gasteiger partial charge in [0, 0.05) is 36.2 Å². The number of nitrogens with zero attached hydrogens (tertiary/aromatic N) is 2. The van der Waals surface area contributed by atoms with Crippen molar-refractivity contribution in [2.45, 2.75) is 56.7 Å². The molecule has 2 aromatic carbocycles. The second kappa shape index (κ2) is 13.0. The lowest BCUT2D eigenvalue weighted by Crippen LogP contribution is -2.46. The highest BCUT2D eigenvalue weighted by atomic mass is 19.4. The lowest BCUT2D eigenvalue weighted by atomic mass is 9.89. The van der Waals surface area contributed by atoms with Crippen LogP contribution >= 0.6 is 0 Å². The highest BCUT2D eigenvalue weighted by Crippen LogP contribution is 2.35. The number of hydrogen-bond acceptors (Lipinski definition) is 5. The lowest BCUT2D eigenvalue weighted by Gasteiger charge is -2.39. The van der Waals surface area contributed by atoms with Gasteiger partial charge in [-0.2, -0.15) is 26.3 Å². The van der Waals surface area contributed by atoms with E-state index in [1.54, 1.807) is 18.2 Å². The van der Waals surface area contributed by atoms with Crippen molar-refractivity contribution < 1.29 is 35.8 Å². The second-order valence-electron chi connectivity index (χ2n) is 10.8. The molecular formula is C31H34F6N4O2. The lowest BCUT2D eigenvalue weighted by molar-refractivity contribution is -0.140. The van der Waals surface area contributed by atoms with Gasteiger partial charge in [-0.15, -0.1) is 0 Å². The van der Waals surface area contributed by atoms with Crippen molar-refractivity contribution in [3.63, 3.8) is 0 Å². The molecule has 1 aromatic heterocycles. The van der Waals surface area contributed by atoms with Gasteiger partial charge in [-0.3, -0.25) is 4.90 Å². The minimum absolute atomic E-state index is 0.0162. The zero-order valence-corrected chi connectivity index (χ0v) is 23.7. The minimum Gasteiger partial charge on any atom is -0.495 e. The summed E-state index contributed by atoms with van der Waals surface area (Å²) < 4.78 is 91.6. The number of hydrogen-bond donors (Lipinski definition) is 2. The minimum atomic E-state index is -4.52. The molecule has 0 bridgehead atoms. The number of aromatic nitrogens is 1. The van der Waals surface area contributed by atoms with E-state index >= 15 is 0 Å². The number of nitrogens with one attached hydrogen (secondary N) is 2. The summed E-state index contributed by atoms with van der Waals surface area (Å²) in [6, 6.07) is 10.7. The summed E-state index contributed by atoms with van der Waals surface area (Å²) in [5.41, 5.74) is 0.816. The first-order valence-corrected chi connectivity index (χ1v) is 14.3. The fraction of sp³-hybridized carbons (Fsp3) is 0.484. The Labute approximate surface area is 246 Å². The van der Waals surface area contributed by atoms with Gasteiger partial charge in [0.15, 0.2) is 0 Å². The molecule has 2 fully saturated rings. The third-order valence-corrected chi connectivity index (χ3v) is 8.01. The van der Waals surface area contributed by atoms with Crippen LogP contribution in [0.4, 0.5) is 37.7 Å². The third-order valence-electron chi connectivity index (χ3n) is 8.01. The average molecular weight is 609 g/mol. The molecule has 6 nitrogen and oxygen atoms in total. The van der Waals surface area contributed by atoms with E-state index in [9.17, 15) is 26.3 Å². The van der Waals surface area contributed by atoms with E-state index in [2.05, 4.69) is 27.4 Å². The molecule has 1 aliphatic heterocycles. The molecule has 3 aromatic rings. The standard InChI is InChI=1S/C31H34F6N4O2/c1-42-29-18-21(31(35,36)37)7-12-27(29)38-13-3-4-24-19-25-26(5-2-6-28(25)41(24)20-30(32,33)34)39-22-8-10-23(11-9-22)40-14-16-43-17-15-40/h2,5-7,12,18-19,22-23,38-39H,8-11,13-17,20H2,1H3. The van der Waals surface area contributed by atoms with Crippen LogP contribution < -0.4 is 15.4 Å². The van der Waals surface area contributed by atoms with Crippen LogP contribution in [0, 0.1) is 11.8 Å². The summed E-state index contributed by atoms with van der Waals surface area (Å²) in [5.74, 6) is 5.62. The summed E-state index contributed by atoms with van der Waals surface area (Å²) in [5, 5.41) is 7.12. The van der Waals surface area contributed by atoms with Crippen LogP contribution in [-0.4, -0.2) is 67.7 Å². The van der Waals surface area contributed by atoms with Crippen LogP contribution in [0.15, 0.2) is 42.5 Å². The molecule has 232 valence electrons. The first kappa shape index (κ1) is 30.9. The Balaban J connectivity index is 1.32. The predicted molar refractivity (Wildman–Crippen MR) is 153 cm³/mol. The fourth-order valence-electron chi connectivity index (χ4n) is 5.90. The molecule has 2 heterocycles. The van der Waals surface area contributed by atoms with Crippen molar-refractivity contribution in [2.75, 3.05) is 50.6 Å². The Morgan fingerprint density at radius 1 is 0.953 bits per heavy atom. The summed E-state index contributed by atoms with van der Waals surface area (Å²) in [7, 11) is 1.25. The van der Waals surface area contributed by atoms with E-state index in [0.29, 0.717) is 16.9 Å². The molecule has 0 unspecified atom stereocenters. The molecule has 0 atom stereocenters. The van der Waals surface area contributed by atoms with Crippen molar-refractivity contribution in [3.8, 4) is 17.6 Å². The van der Waals surface area contributed by atoms with Crippen molar-refractivity contribution in [2.24, 2.45) is 0 Å². The van der Waals surface area contributed by atoms with Gasteiger partial charge >= 0.3 is 12.4 Å². The van der Waals surface area contributed by atoms with Crippen molar-refractivity contribution in [1.82, 2.24) is 9.47 Å². The van der Waals surface area contributed by atoms with Crippen molar-refractivity contribution >= 4 is 22.3 Å². The van der Waals surface area contributed by atoms with Crippen LogP contribution in [0.25, 0.3) is 10.9 Å². The van der Waals surface area contributed by atoms with Gasteiger partial charge in [-0.25, -0.2) is 0 Å². The molecule has 2 aliphatic rings. The zero-order valence-electron chi connectivity index (χ0n) is 23.7. The number of methoxy groups -OCH3 is 1. The fourth-order valence-corrected chi connectivity index (χ4v) is 5.90. The normalized spacial score (nSPS) is 20.0. The predicted octanol–water partition coefficient (Wildman–Crippen LogP) is 6.75. The Bertz CT molecular complexity index is 1460. The summed E-state index contributed by atoms with van der Waals surface area (Å²) >= 11 is 0. The first-order chi connectivity index (χ1) is 20.5. The molecule has 0 spiro atoms. The van der Waals surface area contributed by atoms with Gasteiger partial charge < -0.3 is 24.7 Å². The summed E-state index contributed by atoms with van der Waals surface area (Å²) in [6.07, 6.45) is -4.95. The molecule has 5 rings (SSSR count). The third kappa shape index (κ3) is 7.70. The van der Waals surface area contributed by atoms with Gasteiger partial charge in [0.25, 0.3) is 0 Å². The SMILES string of the molecule is COc1cc(C(F)(F)F)ccc1NCC#Cc1cc2c(NC3CCC(N4CCOCC4)CC3)cccc2n1CC(F)(F)F. The topological polar surface area (TPSA) is 50.7 Å². The number of benzene rings is 2. The highest BCUT2D eigenvalue weighted by molar-refractivity contribution is 5.94. The van der Waals surface area contributed by atoms with Crippen LogP contribution in [0.5, 0.6) is 5.75 Å². The molecule has 0 amide bonds. The molecule has 1 aliphatic carbocycles. The Morgan fingerprint density at radius 2 is 1.70 bits per heavy atom. The largest absolute Gasteiger partial charge is 0.495 e. The number of halogens is 6. The summed E-state index contributed by atoms with van der Waals surface area (Å²) in [6.45, 7) is 2.21. The zero-order chi connectivity index (χ0) is 30.6. The molecule has 2 N–H and O–H groups in total. The Morgan fingerprint density at radius 3 is 2.37 bits per heavy atom. The van der Waals surface area contributed by atoms with E-state index in [4.69, 9.17) is 9.47 Å². The maximum absolute atomic E-state index is 13.6.